The van der Waals surface area contributed by atoms with E-state index in [0.717, 1.165) is 47.4 Å². The number of hydrogen-bond acceptors (Lipinski definition) is 8. The van der Waals surface area contributed by atoms with E-state index >= 15 is 0 Å². The number of rotatable bonds is 2. The van der Waals surface area contributed by atoms with Gasteiger partial charge in [-0.05, 0) is 32.6 Å². The second-order valence-corrected chi connectivity index (χ2v) is 8.19. The quantitative estimate of drug-likeness (QED) is 0.721. The average Bonchev–Trinajstić information content (AvgIpc) is 3.34. The fourth-order valence-electron chi connectivity index (χ4n) is 4.78. The smallest absolute Gasteiger partial charge is 0.219 e. The minimum absolute atomic E-state index is 0.0682. The highest BCUT2D eigenvalue weighted by Gasteiger charge is 2.44. The molecule has 1 aliphatic carbocycles. The molecule has 2 N–H and O–H groups in total. The molecule has 3 aromatic rings. The molecule has 6 heterocycles. The number of aromatic nitrogens is 6. The van der Waals surface area contributed by atoms with Crippen LogP contribution in [0.1, 0.15) is 38.6 Å². The predicted octanol–water partition coefficient (Wildman–Crippen LogP) is 1.94. The maximum absolute atomic E-state index is 5.99. The topological polar surface area (TPSA) is 108 Å². The average molecular weight is 378 g/mol. The fourth-order valence-corrected chi connectivity index (χ4v) is 4.78. The van der Waals surface area contributed by atoms with Crippen molar-refractivity contribution in [1.29, 1.82) is 0 Å². The van der Waals surface area contributed by atoms with Crippen LogP contribution < -0.4 is 10.6 Å². The molecule has 2 atom stereocenters. The van der Waals surface area contributed by atoms with Crippen LogP contribution in [0.25, 0.3) is 22.6 Å². The lowest BCUT2D eigenvalue weighted by atomic mass is 9.86. The van der Waals surface area contributed by atoms with E-state index in [4.69, 9.17) is 25.4 Å². The summed E-state index contributed by atoms with van der Waals surface area (Å²) in [5.74, 6) is 3.47. The van der Waals surface area contributed by atoms with Crippen molar-refractivity contribution in [2.75, 3.05) is 17.2 Å². The Morgan fingerprint density at radius 2 is 1.86 bits per heavy atom. The fraction of sp³-hybridized carbons (Fsp3) is 0.526. The van der Waals surface area contributed by atoms with E-state index in [0.29, 0.717) is 11.9 Å². The van der Waals surface area contributed by atoms with Gasteiger partial charge in [-0.25, -0.2) is 24.9 Å². The molecule has 3 aromatic heterocycles. The number of anilines is 2. The zero-order valence-corrected chi connectivity index (χ0v) is 15.9. The number of nitrogen functional groups attached to an aromatic ring is 1. The van der Waals surface area contributed by atoms with Crippen molar-refractivity contribution in [3.8, 4) is 11.4 Å². The number of imidazole rings is 1. The van der Waals surface area contributed by atoms with E-state index in [9.17, 15) is 0 Å². The Labute approximate surface area is 162 Å². The Kier molecular flexibility index (Phi) is 3.24. The van der Waals surface area contributed by atoms with E-state index in [1.807, 2.05) is 6.92 Å². The largest absolute Gasteiger partial charge is 0.368 e. The molecule has 2 bridgehead atoms. The van der Waals surface area contributed by atoms with Gasteiger partial charge >= 0.3 is 0 Å². The van der Waals surface area contributed by atoms with Gasteiger partial charge in [0.1, 0.15) is 11.9 Å². The lowest BCUT2D eigenvalue weighted by Gasteiger charge is -2.27. The summed E-state index contributed by atoms with van der Waals surface area (Å²) in [5.41, 5.74) is 8.14. The third kappa shape index (κ3) is 2.25. The maximum Gasteiger partial charge on any atom is 0.219 e. The molecular weight excluding hydrogens is 356 g/mol. The van der Waals surface area contributed by atoms with Crippen LogP contribution in [0.4, 0.5) is 11.8 Å². The molecule has 0 unspecified atom stereocenters. The van der Waals surface area contributed by atoms with Crippen molar-refractivity contribution in [2.45, 2.75) is 51.5 Å². The van der Waals surface area contributed by atoms with Gasteiger partial charge in [-0.3, -0.25) is 0 Å². The van der Waals surface area contributed by atoms with Crippen molar-refractivity contribution in [2.24, 2.45) is 5.92 Å². The highest BCUT2D eigenvalue weighted by atomic mass is 16.5. The van der Waals surface area contributed by atoms with E-state index in [-0.39, 0.29) is 18.2 Å². The Morgan fingerprint density at radius 1 is 1.07 bits per heavy atom. The zero-order valence-electron chi connectivity index (χ0n) is 15.9. The number of ether oxygens (including phenoxy) is 1. The van der Waals surface area contributed by atoms with Gasteiger partial charge < -0.3 is 19.9 Å². The van der Waals surface area contributed by atoms with Gasteiger partial charge in [-0.1, -0.05) is 0 Å². The summed E-state index contributed by atoms with van der Waals surface area (Å²) in [6.07, 6.45) is 5.90. The summed E-state index contributed by atoms with van der Waals surface area (Å²) < 4.78 is 8.17. The third-order valence-corrected chi connectivity index (χ3v) is 6.15. The van der Waals surface area contributed by atoms with Gasteiger partial charge in [-0.2, -0.15) is 0 Å². The third-order valence-electron chi connectivity index (χ3n) is 6.15. The van der Waals surface area contributed by atoms with Gasteiger partial charge in [0.2, 0.25) is 5.95 Å². The number of hydrogen-bond donors (Lipinski definition) is 1. The van der Waals surface area contributed by atoms with Gasteiger partial charge in [0.05, 0.1) is 18.2 Å². The van der Waals surface area contributed by atoms with Gasteiger partial charge in [0.25, 0.3) is 0 Å². The summed E-state index contributed by atoms with van der Waals surface area (Å²) in [6, 6.07) is 0.560. The van der Waals surface area contributed by atoms with Crippen molar-refractivity contribution >= 4 is 22.9 Å². The summed E-state index contributed by atoms with van der Waals surface area (Å²) in [7, 11) is 0. The molecule has 9 heteroatoms. The van der Waals surface area contributed by atoms with Crippen LogP contribution in [0.15, 0.2) is 12.4 Å². The minimum atomic E-state index is -0.0682. The van der Waals surface area contributed by atoms with Crippen molar-refractivity contribution in [3.05, 3.63) is 18.2 Å². The van der Waals surface area contributed by atoms with Crippen LogP contribution in [0.5, 0.6) is 0 Å². The van der Waals surface area contributed by atoms with Crippen LogP contribution in [0, 0.1) is 5.92 Å². The lowest BCUT2D eigenvalue weighted by Crippen LogP contribution is -2.29. The van der Waals surface area contributed by atoms with Crippen molar-refractivity contribution in [1.82, 2.24) is 29.5 Å². The molecule has 28 heavy (non-hydrogen) atoms. The van der Waals surface area contributed by atoms with Crippen LogP contribution in [0.2, 0.25) is 0 Å². The first kappa shape index (κ1) is 16.2. The Morgan fingerprint density at radius 3 is 2.57 bits per heavy atom. The van der Waals surface area contributed by atoms with E-state index in [2.05, 4.69) is 26.4 Å². The van der Waals surface area contributed by atoms with E-state index < -0.39 is 0 Å². The number of nitrogens with two attached hydrogens (primary N) is 1. The molecular formula is C19H22N8O. The molecule has 0 radical (unpaired) electrons. The molecule has 3 aliphatic heterocycles. The Bertz CT molecular complexity index is 1070. The Balaban J connectivity index is 1.59. The van der Waals surface area contributed by atoms with E-state index in [1.165, 1.54) is 12.8 Å². The lowest BCUT2D eigenvalue weighted by molar-refractivity contribution is -0.0287. The molecule has 7 rings (SSSR count). The first-order valence-electron chi connectivity index (χ1n) is 9.85. The Hall–Kier alpha value is -2.81. The molecule has 0 aromatic carbocycles. The number of nitrogens with zero attached hydrogens (tertiary/aromatic N) is 7. The normalized spacial score (nSPS) is 28.4. The standard InChI is InChI=1S/C19H22N8O/c1-9-7-27-16(10(2)28-9)23-14-17(26-8-11-3-13(26)4-11)24-15(25-18(14)27)12-5-21-19(20)22-6-12/h5-6,9-11,13H,3-4,7-8H2,1-2H3,(H2,20,21,22)/t9-,10-,11?,13?/m0/s1. The van der Waals surface area contributed by atoms with Gasteiger partial charge in [0, 0.05) is 25.0 Å². The summed E-state index contributed by atoms with van der Waals surface area (Å²) in [4.78, 5) is 25.4. The number of fused-ring (bicyclic) bond motifs is 4. The molecule has 0 spiro atoms. The molecule has 4 aliphatic rings. The van der Waals surface area contributed by atoms with Gasteiger partial charge in [0.15, 0.2) is 22.8 Å². The predicted molar refractivity (Wildman–Crippen MR) is 104 cm³/mol. The van der Waals surface area contributed by atoms with E-state index in [1.54, 1.807) is 12.4 Å². The van der Waals surface area contributed by atoms with Crippen LogP contribution in [0.3, 0.4) is 0 Å². The molecule has 2 saturated heterocycles. The highest BCUT2D eigenvalue weighted by Crippen LogP contribution is 2.45. The van der Waals surface area contributed by atoms with Crippen LogP contribution in [-0.4, -0.2) is 48.2 Å². The van der Waals surface area contributed by atoms with Crippen molar-refractivity contribution < 1.29 is 4.74 Å². The van der Waals surface area contributed by atoms with Crippen molar-refractivity contribution in [3.63, 3.8) is 0 Å². The zero-order chi connectivity index (χ0) is 19.0. The molecule has 1 saturated carbocycles. The highest BCUT2D eigenvalue weighted by molar-refractivity contribution is 5.87. The minimum Gasteiger partial charge on any atom is -0.368 e. The molecule has 0 amide bonds. The second-order valence-electron chi connectivity index (χ2n) is 8.19. The monoisotopic (exact) mass is 378 g/mol. The second kappa shape index (κ2) is 5.60. The molecule has 3 fully saturated rings. The SMILES string of the molecule is C[C@@H]1O[C@@H](C)Cn2c1nc1c(N3CC4CC3C4)nc(-c3cnc(N)nc3)nc12. The first-order valence-corrected chi connectivity index (χ1v) is 9.85. The first-order chi connectivity index (χ1) is 13.6. The van der Waals surface area contributed by atoms with Crippen LogP contribution in [-0.2, 0) is 11.3 Å². The molecule has 144 valence electrons. The van der Waals surface area contributed by atoms with Gasteiger partial charge in [-0.15, -0.1) is 0 Å². The summed E-state index contributed by atoms with van der Waals surface area (Å²) in [5, 5.41) is 0. The summed E-state index contributed by atoms with van der Waals surface area (Å²) in [6.45, 7) is 5.90. The van der Waals surface area contributed by atoms with Crippen LogP contribution >= 0.6 is 0 Å². The summed E-state index contributed by atoms with van der Waals surface area (Å²) >= 11 is 0. The maximum atomic E-state index is 5.99. The molecule has 9 nitrogen and oxygen atoms in total.